The van der Waals surface area contributed by atoms with Crippen molar-refractivity contribution in [2.24, 2.45) is 5.73 Å². The monoisotopic (exact) mass is 316 g/mol. The van der Waals surface area contributed by atoms with Crippen molar-refractivity contribution in [1.29, 1.82) is 0 Å². The van der Waals surface area contributed by atoms with Crippen molar-refractivity contribution < 1.29 is 18.0 Å². The van der Waals surface area contributed by atoms with Gasteiger partial charge in [0.15, 0.2) is 0 Å². The summed E-state index contributed by atoms with van der Waals surface area (Å²) >= 11 is 0. The molecule has 0 fully saturated rings. The Morgan fingerprint density at radius 3 is 2.43 bits per heavy atom. The first-order chi connectivity index (χ1) is 10.9. The van der Waals surface area contributed by atoms with Gasteiger partial charge in [0.05, 0.1) is 22.3 Å². The van der Waals surface area contributed by atoms with E-state index in [4.69, 9.17) is 5.73 Å². The van der Waals surface area contributed by atoms with E-state index in [1.54, 1.807) is 24.3 Å². The molecule has 0 aliphatic carbocycles. The van der Waals surface area contributed by atoms with Gasteiger partial charge in [-0.3, -0.25) is 4.79 Å². The maximum atomic E-state index is 12.8. The van der Waals surface area contributed by atoms with Gasteiger partial charge in [-0.2, -0.15) is 13.2 Å². The number of carbonyl (C=O) groups excluding carboxylic acids is 1. The molecule has 0 saturated carbocycles. The highest BCUT2D eigenvalue weighted by atomic mass is 19.4. The van der Waals surface area contributed by atoms with E-state index in [1.807, 2.05) is 0 Å². The lowest BCUT2D eigenvalue weighted by Gasteiger charge is -2.10. The number of halogens is 3. The van der Waals surface area contributed by atoms with Gasteiger partial charge in [-0.15, -0.1) is 0 Å². The zero-order valence-corrected chi connectivity index (χ0v) is 11.8. The average molecular weight is 316 g/mol. The molecule has 1 aromatic heterocycles. The lowest BCUT2D eigenvalue weighted by Crippen LogP contribution is -2.12. The van der Waals surface area contributed by atoms with E-state index in [-0.39, 0.29) is 16.8 Å². The molecule has 6 heteroatoms. The minimum absolute atomic E-state index is 0.225. The summed E-state index contributed by atoms with van der Waals surface area (Å²) < 4.78 is 38.5. The Hall–Kier alpha value is -2.89. The number of para-hydroxylation sites is 1. The summed E-state index contributed by atoms with van der Waals surface area (Å²) in [6, 6.07) is 13.1. The average Bonchev–Trinajstić information content (AvgIpc) is 2.53. The normalized spacial score (nSPS) is 11.6. The molecule has 0 atom stereocenters. The standard InChI is InChI=1S/C17H11F3N2O/c18-17(19,20)11-5-3-4-10(8-11)15-9-13(16(21)23)12-6-1-2-7-14(12)22-15/h1-9H,(H2,21,23). The van der Waals surface area contributed by atoms with Crippen LogP contribution in [0.25, 0.3) is 22.2 Å². The van der Waals surface area contributed by atoms with Crippen LogP contribution in [0.4, 0.5) is 13.2 Å². The zero-order chi connectivity index (χ0) is 16.6. The van der Waals surface area contributed by atoms with Crippen LogP contribution in [0.2, 0.25) is 0 Å². The third kappa shape index (κ3) is 2.88. The summed E-state index contributed by atoms with van der Waals surface area (Å²) in [4.78, 5) is 16.0. The molecular weight excluding hydrogens is 305 g/mol. The summed E-state index contributed by atoms with van der Waals surface area (Å²) in [6.07, 6.45) is -4.45. The Balaban J connectivity index is 2.23. The van der Waals surface area contributed by atoms with Crippen molar-refractivity contribution in [2.45, 2.75) is 6.18 Å². The second-order valence-electron chi connectivity index (χ2n) is 5.02. The quantitative estimate of drug-likeness (QED) is 0.776. The van der Waals surface area contributed by atoms with Crippen LogP contribution in [0.5, 0.6) is 0 Å². The molecule has 116 valence electrons. The number of fused-ring (bicyclic) bond motifs is 1. The van der Waals surface area contributed by atoms with Crippen molar-refractivity contribution in [3.8, 4) is 11.3 Å². The third-order valence-corrected chi connectivity index (χ3v) is 3.47. The second-order valence-corrected chi connectivity index (χ2v) is 5.02. The van der Waals surface area contributed by atoms with Crippen molar-refractivity contribution in [2.75, 3.05) is 0 Å². The van der Waals surface area contributed by atoms with Crippen LogP contribution >= 0.6 is 0 Å². The minimum atomic E-state index is -4.45. The van der Waals surface area contributed by atoms with Gasteiger partial charge in [-0.25, -0.2) is 4.98 Å². The van der Waals surface area contributed by atoms with E-state index in [1.165, 1.54) is 18.2 Å². The number of amides is 1. The van der Waals surface area contributed by atoms with Crippen molar-refractivity contribution >= 4 is 16.8 Å². The van der Waals surface area contributed by atoms with Crippen LogP contribution in [0.1, 0.15) is 15.9 Å². The van der Waals surface area contributed by atoms with Crippen LogP contribution in [-0.4, -0.2) is 10.9 Å². The number of nitrogens with zero attached hydrogens (tertiary/aromatic N) is 1. The Labute approximate surface area is 129 Å². The summed E-state index contributed by atoms with van der Waals surface area (Å²) in [7, 11) is 0. The Morgan fingerprint density at radius 2 is 1.74 bits per heavy atom. The highest BCUT2D eigenvalue weighted by Crippen LogP contribution is 2.32. The van der Waals surface area contributed by atoms with Gasteiger partial charge in [0, 0.05) is 10.9 Å². The van der Waals surface area contributed by atoms with E-state index >= 15 is 0 Å². The molecule has 0 bridgehead atoms. The lowest BCUT2D eigenvalue weighted by molar-refractivity contribution is -0.137. The molecule has 3 aromatic rings. The lowest BCUT2D eigenvalue weighted by atomic mass is 10.0. The summed E-state index contributed by atoms with van der Waals surface area (Å²) in [5.74, 6) is -0.656. The molecule has 0 aliphatic rings. The minimum Gasteiger partial charge on any atom is -0.366 e. The van der Waals surface area contributed by atoms with Crippen molar-refractivity contribution in [3.05, 3.63) is 65.7 Å². The molecule has 0 radical (unpaired) electrons. The predicted molar refractivity (Wildman–Crippen MR) is 80.7 cm³/mol. The number of aromatic nitrogens is 1. The number of nitrogens with two attached hydrogens (primary N) is 1. The van der Waals surface area contributed by atoms with Gasteiger partial charge in [-0.1, -0.05) is 30.3 Å². The summed E-state index contributed by atoms with van der Waals surface area (Å²) in [5.41, 5.74) is 5.87. The van der Waals surface area contributed by atoms with Gasteiger partial charge in [0.2, 0.25) is 5.91 Å². The maximum Gasteiger partial charge on any atom is 0.416 e. The second kappa shape index (κ2) is 5.39. The molecule has 1 heterocycles. The highest BCUT2D eigenvalue weighted by Gasteiger charge is 2.30. The largest absolute Gasteiger partial charge is 0.416 e. The molecule has 2 aromatic carbocycles. The number of pyridine rings is 1. The zero-order valence-electron chi connectivity index (χ0n) is 11.8. The van der Waals surface area contributed by atoms with Crippen molar-refractivity contribution in [3.63, 3.8) is 0 Å². The Kier molecular flexibility index (Phi) is 3.52. The number of hydrogen-bond donors (Lipinski definition) is 1. The van der Waals surface area contributed by atoms with E-state index in [0.29, 0.717) is 10.9 Å². The van der Waals surface area contributed by atoms with Crippen LogP contribution < -0.4 is 5.73 Å². The molecule has 1 amide bonds. The number of rotatable bonds is 2. The summed E-state index contributed by atoms with van der Waals surface area (Å²) in [5, 5.41) is 0.565. The molecule has 2 N–H and O–H groups in total. The van der Waals surface area contributed by atoms with Crippen LogP contribution in [-0.2, 0) is 6.18 Å². The number of carbonyl (C=O) groups is 1. The molecule has 0 spiro atoms. The molecule has 0 unspecified atom stereocenters. The van der Waals surface area contributed by atoms with Gasteiger partial charge in [-0.05, 0) is 24.3 Å². The molecular formula is C17H11F3N2O. The first-order valence-corrected chi connectivity index (χ1v) is 6.73. The fourth-order valence-electron chi connectivity index (χ4n) is 2.38. The maximum absolute atomic E-state index is 12.8. The van der Waals surface area contributed by atoms with Gasteiger partial charge < -0.3 is 5.73 Å². The van der Waals surface area contributed by atoms with Crippen molar-refractivity contribution in [1.82, 2.24) is 4.98 Å². The van der Waals surface area contributed by atoms with Crippen LogP contribution in [0, 0.1) is 0 Å². The number of hydrogen-bond acceptors (Lipinski definition) is 2. The molecule has 23 heavy (non-hydrogen) atoms. The van der Waals surface area contributed by atoms with Crippen LogP contribution in [0.15, 0.2) is 54.6 Å². The first kappa shape index (κ1) is 15.0. The predicted octanol–water partition coefficient (Wildman–Crippen LogP) is 4.02. The van der Waals surface area contributed by atoms with Gasteiger partial charge in [0.1, 0.15) is 0 Å². The fraction of sp³-hybridized carbons (Fsp3) is 0.0588. The molecule has 3 rings (SSSR count). The SMILES string of the molecule is NC(=O)c1cc(-c2cccc(C(F)(F)F)c2)nc2ccccc12. The molecule has 0 saturated heterocycles. The Morgan fingerprint density at radius 1 is 1.00 bits per heavy atom. The van der Waals surface area contributed by atoms with E-state index in [2.05, 4.69) is 4.98 Å². The van der Waals surface area contributed by atoms with Gasteiger partial charge >= 0.3 is 6.18 Å². The molecule has 0 aliphatic heterocycles. The first-order valence-electron chi connectivity index (χ1n) is 6.73. The van der Waals surface area contributed by atoms with Gasteiger partial charge in [0.25, 0.3) is 0 Å². The summed E-state index contributed by atoms with van der Waals surface area (Å²) in [6.45, 7) is 0. The van der Waals surface area contributed by atoms with E-state index in [9.17, 15) is 18.0 Å². The third-order valence-electron chi connectivity index (χ3n) is 3.47. The number of alkyl halides is 3. The smallest absolute Gasteiger partial charge is 0.366 e. The highest BCUT2D eigenvalue weighted by molar-refractivity contribution is 6.06. The van der Waals surface area contributed by atoms with E-state index in [0.717, 1.165) is 12.1 Å². The topological polar surface area (TPSA) is 56.0 Å². The fourth-order valence-corrected chi connectivity index (χ4v) is 2.38. The number of primary amides is 1. The van der Waals surface area contributed by atoms with E-state index < -0.39 is 17.6 Å². The number of benzene rings is 2. The van der Waals surface area contributed by atoms with Crippen LogP contribution in [0.3, 0.4) is 0 Å². The Bertz CT molecular complexity index is 904. The molecule has 3 nitrogen and oxygen atoms in total.